The Balaban J connectivity index is 2.63. The fourth-order valence-electron chi connectivity index (χ4n) is 2.11. The van der Waals surface area contributed by atoms with Crippen molar-refractivity contribution in [1.29, 1.82) is 0 Å². The van der Waals surface area contributed by atoms with Crippen molar-refractivity contribution in [2.24, 2.45) is 0 Å². The summed E-state index contributed by atoms with van der Waals surface area (Å²) >= 11 is 0. The molecule has 3 heteroatoms. The van der Waals surface area contributed by atoms with E-state index in [0.29, 0.717) is 6.54 Å². The van der Waals surface area contributed by atoms with Gasteiger partial charge in [-0.05, 0) is 26.3 Å². The van der Waals surface area contributed by atoms with E-state index in [0.717, 1.165) is 23.2 Å². The summed E-state index contributed by atoms with van der Waals surface area (Å²) in [5, 5.41) is 3.20. The van der Waals surface area contributed by atoms with Crippen molar-refractivity contribution in [2.45, 2.75) is 33.7 Å². The lowest BCUT2D eigenvalue weighted by molar-refractivity contribution is 0.638. The molecule has 90 valence electrons. The molecule has 0 spiro atoms. The van der Waals surface area contributed by atoms with Gasteiger partial charge < -0.3 is 0 Å². The standard InChI is InChI=1S/C14H18N2O/c1-4-12-13(15-16(5-2)14(12)17)11-8-6-7-10(3)9-11/h6-9,15H,4-5H2,1-3H3. The summed E-state index contributed by atoms with van der Waals surface area (Å²) in [7, 11) is 0. The van der Waals surface area contributed by atoms with Gasteiger partial charge in [-0.3, -0.25) is 14.6 Å². The fraction of sp³-hybridized carbons (Fsp3) is 0.357. The maximum atomic E-state index is 12.0. The van der Waals surface area contributed by atoms with Crippen LogP contribution in [0.2, 0.25) is 0 Å². The molecule has 0 bridgehead atoms. The van der Waals surface area contributed by atoms with Crippen molar-refractivity contribution < 1.29 is 0 Å². The molecule has 0 saturated carbocycles. The van der Waals surface area contributed by atoms with Gasteiger partial charge in [0.1, 0.15) is 0 Å². The predicted octanol–water partition coefficient (Wildman–Crippen LogP) is 2.73. The van der Waals surface area contributed by atoms with Crippen LogP contribution in [-0.4, -0.2) is 9.78 Å². The summed E-state index contributed by atoms with van der Waals surface area (Å²) in [6.45, 7) is 6.73. The number of hydrogen-bond acceptors (Lipinski definition) is 1. The third-order valence-corrected chi connectivity index (χ3v) is 3.03. The van der Waals surface area contributed by atoms with Crippen molar-refractivity contribution in [3.63, 3.8) is 0 Å². The van der Waals surface area contributed by atoms with Crippen LogP contribution in [0.4, 0.5) is 0 Å². The number of aromatic amines is 1. The van der Waals surface area contributed by atoms with Gasteiger partial charge >= 0.3 is 0 Å². The molecule has 0 aliphatic heterocycles. The Kier molecular flexibility index (Phi) is 3.18. The molecule has 0 saturated heterocycles. The summed E-state index contributed by atoms with van der Waals surface area (Å²) in [6.07, 6.45) is 0.756. The number of nitrogens with one attached hydrogen (secondary N) is 1. The number of H-pyrrole nitrogens is 1. The summed E-state index contributed by atoms with van der Waals surface area (Å²) in [4.78, 5) is 12.0. The first kappa shape index (κ1) is 11.7. The Morgan fingerprint density at radius 1 is 1.29 bits per heavy atom. The average molecular weight is 230 g/mol. The molecule has 0 atom stereocenters. The number of aromatic nitrogens is 2. The highest BCUT2D eigenvalue weighted by atomic mass is 16.1. The van der Waals surface area contributed by atoms with Crippen molar-refractivity contribution >= 4 is 0 Å². The second-order valence-corrected chi connectivity index (χ2v) is 4.24. The number of rotatable bonds is 3. The number of benzene rings is 1. The van der Waals surface area contributed by atoms with Crippen LogP contribution in [0.15, 0.2) is 29.1 Å². The van der Waals surface area contributed by atoms with E-state index in [2.05, 4.69) is 24.2 Å². The van der Waals surface area contributed by atoms with E-state index in [1.54, 1.807) is 4.68 Å². The van der Waals surface area contributed by atoms with E-state index < -0.39 is 0 Å². The monoisotopic (exact) mass is 230 g/mol. The summed E-state index contributed by atoms with van der Waals surface area (Å²) in [5.74, 6) is 0. The second-order valence-electron chi connectivity index (χ2n) is 4.24. The number of nitrogens with zero attached hydrogens (tertiary/aromatic N) is 1. The van der Waals surface area contributed by atoms with E-state index in [4.69, 9.17) is 0 Å². The fourth-order valence-corrected chi connectivity index (χ4v) is 2.11. The maximum Gasteiger partial charge on any atom is 0.270 e. The van der Waals surface area contributed by atoms with E-state index in [-0.39, 0.29) is 5.56 Å². The van der Waals surface area contributed by atoms with Gasteiger partial charge in [0, 0.05) is 17.7 Å². The highest BCUT2D eigenvalue weighted by Gasteiger charge is 2.12. The van der Waals surface area contributed by atoms with Gasteiger partial charge in [0.15, 0.2) is 0 Å². The quantitative estimate of drug-likeness (QED) is 0.865. The average Bonchev–Trinajstić information content (AvgIpc) is 2.65. The molecular formula is C14H18N2O. The topological polar surface area (TPSA) is 37.8 Å². The van der Waals surface area contributed by atoms with Crippen LogP contribution in [0.3, 0.4) is 0 Å². The van der Waals surface area contributed by atoms with Crippen LogP contribution in [0, 0.1) is 6.92 Å². The van der Waals surface area contributed by atoms with Crippen LogP contribution in [0.1, 0.15) is 25.0 Å². The van der Waals surface area contributed by atoms with Crippen LogP contribution >= 0.6 is 0 Å². The molecule has 0 radical (unpaired) electrons. The number of hydrogen-bond donors (Lipinski definition) is 1. The molecule has 0 amide bonds. The van der Waals surface area contributed by atoms with Gasteiger partial charge in [0.25, 0.3) is 5.56 Å². The Morgan fingerprint density at radius 2 is 2.06 bits per heavy atom. The molecule has 1 N–H and O–H groups in total. The lowest BCUT2D eigenvalue weighted by atomic mass is 10.0. The minimum absolute atomic E-state index is 0.103. The lowest BCUT2D eigenvalue weighted by Gasteiger charge is -2.02. The molecule has 1 aromatic carbocycles. The minimum Gasteiger partial charge on any atom is -0.295 e. The molecule has 0 aliphatic carbocycles. The van der Waals surface area contributed by atoms with Crippen LogP contribution in [0.25, 0.3) is 11.3 Å². The zero-order chi connectivity index (χ0) is 12.4. The molecule has 0 aliphatic rings. The van der Waals surface area contributed by atoms with Crippen molar-refractivity contribution in [3.8, 4) is 11.3 Å². The third kappa shape index (κ3) is 2.05. The summed E-state index contributed by atoms with van der Waals surface area (Å²) in [6, 6.07) is 8.22. The Morgan fingerprint density at radius 3 is 2.65 bits per heavy atom. The van der Waals surface area contributed by atoms with Gasteiger partial charge in [-0.25, -0.2) is 0 Å². The summed E-state index contributed by atoms with van der Waals surface area (Å²) in [5.41, 5.74) is 4.23. The third-order valence-electron chi connectivity index (χ3n) is 3.03. The zero-order valence-electron chi connectivity index (χ0n) is 10.6. The largest absolute Gasteiger partial charge is 0.295 e. The Bertz CT molecular complexity index is 578. The normalized spacial score (nSPS) is 10.8. The van der Waals surface area contributed by atoms with Gasteiger partial charge in [0.05, 0.1) is 5.69 Å². The highest BCUT2D eigenvalue weighted by molar-refractivity contribution is 5.63. The smallest absolute Gasteiger partial charge is 0.270 e. The molecule has 0 unspecified atom stereocenters. The Hall–Kier alpha value is -1.77. The van der Waals surface area contributed by atoms with E-state index in [9.17, 15) is 4.79 Å². The highest BCUT2D eigenvalue weighted by Crippen LogP contribution is 2.20. The molecule has 2 aromatic rings. The van der Waals surface area contributed by atoms with Gasteiger partial charge in [0.2, 0.25) is 0 Å². The first-order valence-electron chi connectivity index (χ1n) is 6.06. The second kappa shape index (κ2) is 4.62. The SMILES string of the molecule is CCc1c(-c2cccc(C)c2)[nH]n(CC)c1=O. The predicted molar refractivity (Wildman–Crippen MR) is 70.3 cm³/mol. The van der Waals surface area contributed by atoms with Gasteiger partial charge in [-0.2, -0.15) is 0 Å². The molecule has 3 nitrogen and oxygen atoms in total. The van der Waals surface area contributed by atoms with Crippen molar-refractivity contribution in [1.82, 2.24) is 9.78 Å². The first-order chi connectivity index (χ1) is 8.17. The van der Waals surface area contributed by atoms with Crippen molar-refractivity contribution in [3.05, 3.63) is 45.7 Å². The zero-order valence-corrected chi connectivity index (χ0v) is 10.6. The molecule has 1 aromatic heterocycles. The molecular weight excluding hydrogens is 212 g/mol. The Labute approximate surface area is 101 Å². The molecule has 17 heavy (non-hydrogen) atoms. The maximum absolute atomic E-state index is 12.0. The molecule has 1 heterocycles. The number of aryl methyl sites for hydroxylation is 2. The minimum atomic E-state index is 0.103. The van der Waals surface area contributed by atoms with E-state index >= 15 is 0 Å². The van der Waals surface area contributed by atoms with Crippen LogP contribution in [0.5, 0.6) is 0 Å². The van der Waals surface area contributed by atoms with Crippen molar-refractivity contribution in [2.75, 3.05) is 0 Å². The summed E-state index contributed by atoms with van der Waals surface area (Å²) < 4.78 is 1.66. The van der Waals surface area contributed by atoms with Gasteiger partial charge in [-0.1, -0.05) is 30.7 Å². The van der Waals surface area contributed by atoms with Crippen LogP contribution in [-0.2, 0) is 13.0 Å². The van der Waals surface area contributed by atoms with Crippen LogP contribution < -0.4 is 5.56 Å². The first-order valence-corrected chi connectivity index (χ1v) is 6.06. The lowest BCUT2D eigenvalue weighted by Crippen LogP contribution is -2.17. The molecule has 2 rings (SSSR count). The van der Waals surface area contributed by atoms with Gasteiger partial charge in [-0.15, -0.1) is 0 Å². The van der Waals surface area contributed by atoms with E-state index in [1.165, 1.54) is 5.56 Å². The molecule has 0 fully saturated rings. The van der Waals surface area contributed by atoms with E-state index in [1.807, 2.05) is 26.0 Å².